The molecule has 7 heteroatoms. The number of alkyl halides is 3. The Morgan fingerprint density at radius 3 is 2.59 bits per heavy atom. The van der Waals surface area contributed by atoms with Crippen LogP contribution in [0.15, 0.2) is 36.5 Å². The molecule has 0 saturated heterocycles. The molecule has 1 aromatic carbocycles. The monoisotopic (exact) mass is 311 g/mol. The van der Waals surface area contributed by atoms with Gasteiger partial charge in [0.05, 0.1) is 7.11 Å². The largest absolute Gasteiger partial charge is 0.496 e. The maximum atomic E-state index is 12.7. The molecule has 22 heavy (non-hydrogen) atoms. The Morgan fingerprint density at radius 1 is 1.18 bits per heavy atom. The first-order chi connectivity index (χ1) is 10.4. The Labute approximate surface area is 126 Å². The molecule has 0 fully saturated rings. The van der Waals surface area contributed by atoms with Gasteiger partial charge in [-0.3, -0.25) is 0 Å². The summed E-state index contributed by atoms with van der Waals surface area (Å²) in [6.45, 7) is 0.474. The second kappa shape index (κ2) is 6.64. The zero-order valence-corrected chi connectivity index (χ0v) is 12.3. The third-order valence-electron chi connectivity index (χ3n) is 3.18. The number of likely N-dealkylation sites (N-methyl/N-ethyl adjacent to an activating group) is 1. The number of halogens is 3. The van der Waals surface area contributed by atoms with E-state index in [4.69, 9.17) is 4.74 Å². The van der Waals surface area contributed by atoms with Crippen LogP contribution in [0, 0.1) is 0 Å². The van der Waals surface area contributed by atoms with Gasteiger partial charge in [0.2, 0.25) is 5.95 Å². The lowest BCUT2D eigenvalue weighted by atomic mass is 10.1. The molecule has 0 unspecified atom stereocenters. The minimum atomic E-state index is -4.47. The van der Waals surface area contributed by atoms with Crippen LogP contribution in [0.5, 0.6) is 5.75 Å². The summed E-state index contributed by atoms with van der Waals surface area (Å²) in [4.78, 5) is 9.03. The summed E-state index contributed by atoms with van der Waals surface area (Å²) < 4.78 is 43.2. The molecule has 0 saturated carbocycles. The van der Waals surface area contributed by atoms with Gasteiger partial charge in [0.25, 0.3) is 0 Å². The molecule has 2 rings (SSSR count). The lowest BCUT2D eigenvalue weighted by Crippen LogP contribution is -2.24. The molecule has 1 aromatic heterocycles. The number of hydrogen-bond acceptors (Lipinski definition) is 4. The number of anilines is 1. The van der Waals surface area contributed by atoms with Gasteiger partial charge in [-0.15, -0.1) is 0 Å². The Balaban J connectivity index is 2.08. The molecule has 0 aliphatic heterocycles. The van der Waals surface area contributed by atoms with E-state index < -0.39 is 11.9 Å². The van der Waals surface area contributed by atoms with Crippen LogP contribution < -0.4 is 9.64 Å². The Morgan fingerprint density at radius 2 is 1.91 bits per heavy atom. The highest BCUT2D eigenvalue weighted by molar-refractivity contribution is 5.35. The molecule has 0 aliphatic carbocycles. The third-order valence-corrected chi connectivity index (χ3v) is 3.18. The molecule has 0 bridgehead atoms. The van der Waals surface area contributed by atoms with E-state index in [-0.39, 0.29) is 5.95 Å². The molecule has 0 atom stereocenters. The summed E-state index contributed by atoms with van der Waals surface area (Å²) in [5.74, 6) is 0.797. The van der Waals surface area contributed by atoms with Gasteiger partial charge in [0.1, 0.15) is 11.4 Å². The predicted molar refractivity (Wildman–Crippen MR) is 77.0 cm³/mol. The van der Waals surface area contributed by atoms with Crippen LogP contribution in [0.3, 0.4) is 0 Å². The van der Waals surface area contributed by atoms with Crippen molar-refractivity contribution in [2.24, 2.45) is 0 Å². The number of methoxy groups -OCH3 is 1. The number of ether oxygens (including phenoxy) is 1. The number of aromatic nitrogens is 2. The molecule has 4 nitrogen and oxygen atoms in total. The fourth-order valence-corrected chi connectivity index (χ4v) is 1.99. The van der Waals surface area contributed by atoms with E-state index in [1.54, 1.807) is 19.1 Å². The van der Waals surface area contributed by atoms with E-state index >= 15 is 0 Å². The smallest absolute Gasteiger partial charge is 0.433 e. The van der Waals surface area contributed by atoms with Crippen LogP contribution in [0.25, 0.3) is 0 Å². The summed E-state index contributed by atoms with van der Waals surface area (Å²) in [7, 11) is 3.24. The number of para-hydroxylation sites is 1. The second-order valence-electron chi connectivity index (χ2n) is 4.72. The molecule has 0 N–H and O–H groups in total. The van der Waals surface area contributed by atoms with Gasteiger partial charge >= 0.3 is 6.18 Å². The van der Waals surface area contributed by atoms with Crippen molar-refractivity contribution in [3.05, 3.63) is 47.8 Å². The first-order valence-electron chi connectivity index (χ1n) is 6.65. The van der Waals surface area contributed by atoms with Crippen molar-refractivity contribution < 1.29 is 17.9 Å². The zero-order chi connectivity index (χ0) is 16.2. The van der Waals surface area contributed by atoms with Crippen molar-refractivity contribution in [2.45, 2.75) is 12.6 Å². The molecule has 118 valence electrons. The molecule has 0 radical (unpaired) electrons. The molecular weight excluding hydrogens is 295 g/mol. The van der Waals surface area contributed by atoms with Gasteiger partial charge in [-0.05, 0) is 24.1 Å². The number of nitrogens with zero attached hydrogens (tertiary/aromatic N) is 3. The minimum Gasteiger partial charge on any atom is -0.496 e. The van der Waals surface area contributed by atoms with E-state index in [0.29, 0.717) is 13.0 Å². The second-order valence-corrected chi connectivity index (χ2v) is 4.72. The van der Waals surface area contributed by atoms with Gasteiger partial charge in [0, 0.05) is 19.8 Å². The summed E-state index contributed by atoms with van der Waals surface area (Å²) in [6, 6.07) is 8.37. The van der Waals surface area contributed by atoms with Gasteiger partial charge in [-0.2, -0.15) is 13.2 Å². The van der Waals surface area contributed by atoms with E-state index in [2.05, 4.69) is 9.97 Å². The summed E-state index contributed by atoms with van der Waals surface area (Å²) in [5, 5.41) is 0. The molecule has 1 heterocycles. The van der Waals surface area contributed by atoms with Crippen LogP contribution in [0.2, 0.25) is 0 Å². The Bertz CT molecular complexity index is 631. The topological polar surface area (TPSA) is 38.2 Å². The lowest BCUT2D eigenvalue weighted by molar-refractivity contribution is -0.141. The maximum Gasteiger partial charge on any atom is 0.433 e. The summed E-state index contributed by atoms with van der Waals surface area (Å²) >= 11 is 0. The Hall–Kier alpha value is -2.31. The van der Waals surface area contributed by atoms with Crippen molar-refractivity contribution in [2.75, 3.05) is 25.6 Å². The van der Waals surface area contributed by atoms with Crippen LogP contribution in [0.1, 0.15) is 11.3 Å². The molecular formula is C15H16F3N3O. The van der Waals surface area contributed by atoms with Crippen molar-refractivity contribution in [1.29, 1.82) is 0 Å². The molecule has 0 spiro atoms. The van der Waals surface area contributed by atoms with Crippen molar-refractivity contribution >= 4 is 5.95 Å². The zero-order valence-electron chi connectivity index (χ0n) is 12.3. The van der Waals surface area contributed by atoms with Crippen LogP contribution in [0.4, 0.5) is 19.1 Å². The van der Waals surface area contributed by atoms with Gasteiger partial charge in [-0.1, -0.05) is 18.2 Å². The quantitative estimate of drug-likeness (QED) is 0.850. The van der Waals surface area contributed by atoms with Crippen molar-refractivity contribution in [1.82, 2.24) is 9.97 Å². The van der Waals surface area contributed by atoms with Crippen LogP contribution in [-0.4, -0.2) is 30.7 Å². The highest BCUT2D eigenvalue weighted by Gasteiger charge is 2.33. The fourth-order valence-electron chi connectivity index (χ4n) is 1.99. The minimum absolute atomic E-state index is 0.0460. The van der Waals surface area contributed by atoms with Gasteiger partial charge < -0.3 is 9.64 Å². The number of benzene rings is 1. The molecule has 2 aromatic rings. The van der Waals surface area contributed by atoms with E-state index in [0.717, 1.165) is 23.6 Å². The average Bonchev–Trinajstić information content (AvgIpc) is 2.52. The van der Waals surface area contributed by atoms with E-state index in [1.165, 1.54) is 0 Å². The SMILES string of the molecule is COc1ccccc1CCN(C)c1nccc(C(F)(F)F)n1. The standard InChI is InChI=1S/C15H16F3N3O/c1-21(10-8-11-5-3-4-6-12(11)22-2)14-19-9-7-13(20-14)15(16,17)18/h3-7,9H,8,10H2,1-2H3. The maximum absolute atomic E-state index is 12.7. The van der Waals surface area contributed by atoms with Crippen molar-refractivity contribution in [3.8, 4) is 5.75 Å². The van der Waals surface area contributed by atoms with Gasteiger partial charge in [-0.25, -0.2) is 9.97 Å². The first-order valence-corrected chi connectivity index (χ1v) is 6.65. The highest BCUT2D eigenvalue weighted by atomic mass is 19.4. The summed E-state index contributed by atoms with van der Waals surface area (Å²) in [6.07, 6.45) is -2.74. The van der Waals surface area contributed by atoms with Crippen LogP contribution in [-0.2, 0) is 12.6 Å². The number of hydrogen-bond donors (Lipinski definition) is 0. The van der Waals surface area contributed by atoms with Crippen LogP contribution >= 0.6 is 0 Å². The number of rotatable bonds is 5. The summed E-state index contributed by atoms with van der Waals surface area (Å²) in [5.41, 5.74) is 0.0328. The normalized spacial score (nSPS) is 11.3. The van der Waals surface area contributed by atoms with Gasteiger partial charge in [0.15, 0.2) is 0 Å². The molecule has 0 amide bonds. The van der Waals surface area contributed by atoms with E-state index in [1.807, 2.05) is 24.3 Å². The average molecular weight is 311 g/mol. The predicted octanol–water partition coefficient (Wildman–Crippen LogP) is 3.18. The third kappa shape index (κ3) is 3.87. The van der Waals surface area contributed by atoms with Crippen molar-refractivity contribution in [3.63, 3.8) is 0 Å². The first kappa shape index (κ1) is 16.1. The van der Waals surface area contributed by atoms with E-state index in [9.17, 15) is 13.2 Å². The Kier molecular flexibility index (Phi) is 4.85. The molecule has 0 aliphatic rings. The highest BCUT2D eigenvalue weighted by Crippen LogP contribution is 2.28. The fraction of sp³-hybridized carbons (Fsp3) is 0.333. The lowest BCUT2D eigenvalue weighted by Gasteiger charge is -2.18.